The molecule has 5 nitrogen and oxygen atoms in total. The lowest BCUT2D eigenvalue weighted by Crippen LogP contribution is -2.50. The van der Waals surface area contributed by atoms with Gasteiger partial charge in [0.1, 0.15) is 5.69 Å². The molecule has 0 spiro atoms. The maximum absolute atomic E-state index is 11.6. The molecule has 146 valence electrons. The molecule has 2 N–H and O–H groups in total. The largest absolute Gasteiger partial charge is 0.373 e. The first-order valence-electron chi connectivity index (χ1n) is 9.88. The van der Waals surface area contributed by atoms with E-state index in [4.69, 9.17) is 10.5 Å². The van der Waals surface area contributed by atoms with Crippen molar-refractivity contribution in [3.05, 3.63) is 29.6 Å². The number of nitrogens with two attached hydrogens (primary N) is 1. The summed E-state index contributed by atoms with van der Waals surface area (Å²) in [6, 6.07) is 4.36. The highest BCUT2D eigenvalue weighted by Crippen LogP contribution is 2.48. The second-order valence-electron chi connectivity index (χ2n) is 7.90. The third-order valence-corrected chi connectivity index (χ3v) is 6.30. The Balaban J connectivity index is 2.39. The summed E-state index contributed by atoms with van der Waals surface area (Å²) in [4.78, 5) is 18.2. The van der Waals surface area contributed by atoms with Crippen LogP contribution in [0.3, 0.4) is 0 Å². The number of nitrogens with zero attached hydrogens (tertiary/aromatic N) is 2. The van der Waals surface area contributed by atoms with E-state index in [0.29, 0.717) is 23.6 Å². The van der Waals surface area contributed by atoms with Gasteiger partial charge in [0, 0.05) is 31.8 Å². The molecule has 0 bridgehead atoms. The molecule has 0 radical (unpaired) electrons. The quantitative estimate of drug-likeness (QED) is 0.768. The molecule has 1 aliphatic carbocycles. The first-order chi connectivity index (χ1) is 12.4. The van der Waals surface area contributed by atoms with E-state index in [-0.39, 0.29) is 0 Å². The summed E-state index contributed by atoms with van der Waals surface area (Å²) in [5.74, 6) is 0.236. The van der Waals surface area contributed by atoms with Crippen molar-refractivity contribution in [3.8, 4) is 0 Å². The lowest BCUT2D eigenvalue weighted by atomic mass is 9.65. The molecule has 0 aromatic carbocycles. The zero-order valence-corrected chi connectivity index (χ0v) is 17.0. The van der Waals surface area contributed by atoms with E-state index >= 15 is 0 Å². The van der Waals surface area contributed by atoms with Crippen LogP contribution < -0.4 is 5.73 Å². The van der Waals surface area contributed by atoms with Crippen LogP contribution in [0, 0.1) is 11.8 Å². The Labute approximate surface area is 158 Å². The molecule has 1 amide bonds. The van der Waals surface area contributed by atoms with Gasteiger partial charge in [-0.1, -0.05) is 26.7 Å². The normalized spacial score (nSPS) is 27.5. The molecular formula is C21H35N3O2. The Morgan fingerprint density at radius 3 is 2.85 bits per heavy atom. The number of carbonyl (C=O) groups is 1. The molecule has 1 aromatic rings. The summed E-state index contributed by atoms with van der Waals surface area (Å²) >= 11 is 0. The van der Waals surface area contributed by atoms with Gasteiger partial charge in [0.15, 0.2) is 0 Å². The van der Waals surface area contributed by atoms with Crippen LogP contribution in [0.25, 0.3) is 0 Å². The molecule has 4 atom stereocenters. The maximum Gasteiger partial charge on any atom is 0.267 e. The topological polar surface area (TPSA) is 68.4 Å². The van der Waals surface area contributed by atoms with E-state index in [9.17, 15) is 4.79 Å². The van der Waals surface area contributed by atoms with E-state index in [1.165, 1.54) is 19.3 Å². The van der Waals surface area contributed by atoms with Crippen LogP contribution in [0.2, 0.25) is 0 Å². The second kappa shape index (κ2) is 8.96. The van der Waals surface area contributed by atoms with Crippen LogP contribution in [0.5, 0.6) is 0 Å². The number of hydrogen-bond acceptors (Lipinski definition) is 4. The minimum Gasteiger partial charge on any atom is -0.373 e. The lowest BCUT2D eigenvalue weighted by molar-refractivity contribution is -0.133. The number of ether oxygens (including phenoxy) is 1. The van der Waals surface area contributed by atoms with Gasteiger partial charge in [0.05, 0.1) is 5.60 Å². The predicted molar refractivity (Wildman–Crippen MR) is 105 cm³/mol. The van der Waals surface area contributed by atoms with Crippen molar-refractivity contribution in [2.24, 2.45) is 17.6 Å². The average molecular weight is 362 g/mol. The van der Waals surface area contributed by atoms with Crippen LogP contribution >= 0.6 is 0 Å². The van der Waals surface area contributed by atoms with Gasteiger partial charge in [-0.15, -0.1) is 0 Å². The summed E-state index contributed by atoms with van der Waals surface area (Å²) in [5.41, 5.74) is 6.39. The molecule has 1 aliphatic rings. The van der Waals surface area contributed by atoms with Gasteiger partial charge in [-0.2, -0.15) is 0 Å². The van der Waals surface area contributed by atoms with Crippen LogP contribution in [0.15, 0.2) is 18.3 Å². The summed E-state index contributed by atoms with van der Waals surface area (Å²) in [5, 5.41) is 0. The smallest absolute Gasteiger partial charge is 0.267 e. The van der Waals surface area contributed by atoms with E-state index in [0.717, 1.165) is 24.9 Å². The number of pyridine rings is 1. The van der Waals surface area contributed by atoms with Crippen molar-refractivity contribution in [2.45, 2.75) is 64.5 Å². The monoisotopic (exact) mass is 361 g/mol. The Morgan fingerprint density at radius 1 is 1.50 bits per heavy atom. The van der Waals surface area contributed by atoms with Crippen LogP contribution in [0.1, 0.15) is 68.9 Å². The van der Waals surface area contributed by atoms with Gasteiger partial charge < -0.3 is 15.4 Å². The van der Waals surface area contributed by atoms with E-state index in [1.54, 1.807) is 13.3 Å². The van der Waals surface area contributed by atoms with Gasteiger partial charge >= 0.3 is 0 Å². The molecule has 5 heteroatoms. The number of methoxy groups -OCH3 is 1. The number of hydrogen-bond donors (Lipinski definition) is 1. The molecule has 1 saturated carbocycles. The number of aromatic nitrogens is 1. The van der Waals surface area contributed by atoms with E-state index < -0.39 is 11.5 Å². The summed E-state index contributed by atoms with van der Waals surface area (Å²) in [7, 11) is 4.01. The minimum atomic E-state index is -0.494. The highest BCUT2D eigenvalue weighted by molar-refractivity contribution is 5.90. The molecular weight excluding hydrogens is 326 g/mol. The molecule has 3 unspecified atom stereocenters. The van der Waals surface area contributed by atoms with E-state index in [1.807, 2.05) is 12.1 Å². The maximum atomic E-state index is 11.6. The average Bonchev–Trinajstić information content (AvgIpc) is 2.62. The lowest BCUT2D eigenvalue weighted by Gasteiger charge is -2.49. The van der Waals surface area contributed by atoms with Gasteiger partial charge in [0.25, 0.3) is 5.91 Å². The fourth-order valence-electron chi connectivity index (χ4n) is 4.71. The second-order valence-corrected chi connectivity index (χ2v) is 7.90. The van der Waals surface area contributed by atoms with Crippen molar-refractivity contribution in [1.29, 1.82) is 0 Å². The summed E-state index contributed by atoms with van der Waals surface area (Å²) < 4.78 is 6.26. The Hall–Kier alpha value is -1.46. The SMILES string of the molecule is CCC[C@@H](C)N(C)CC1CCCC(C)C1(OC)c1ccnc(C(N)=O)c1. The Morgan fingerprint density at radius 2 is 2.23 bits per heavy atom. The van der Waals surface area contributed by atoms with Crippen LogP contribution in [-0.2, 0) is 10.3 Å². The van der Waals surface area contributed by atoms with Crippen molar-refractivity contribution in [2.75, 3.05) is 20.7 Å². The fraction of sp³-hybridized carbons (Fsp3) is 0.714. The number of primary amides is 1. The van der Waals surface area contributed by atoms with Gasteiger partial charge in [-0.05, 0) is 56.8 Å². The Kier molecular flexibility index (Phi) is 7.18. The van der Waals surface area contributed by atoms with E-state index in [2.05, 4.69) is 37.7 Å². The standard InChI is InChI=1S/C21H35N3O2/c1-6-8-16(3)24(4)14-18-10-7-9-15(2)21(18,26-5)17-11-12-23-19(13-17)20(22)25/h11-13,15-16,18H,6-10,14H2,1-5H3,(H2,22,25)/t15?,16-,18?,21?/m1/s1. The predicted octanol–water partition coefficient (Wildman–Crippen LogP) is 3.58. The van der Waals surface area contributed by atoms with Crippen molar-refractivity contribution in [3.63, 3.8) is 0 Å². The number of rotatable bonds is 8. The summed E-state index contributed by atoms with van der Waals surface area (Å²) in [6.07, 6.45) is 7.51. The summed E-state index contributed by atoms with van der Waals surface area (Å²) in [6.45, 7) is 7.76. The molecule has 2 rings (SSSR count). The first-order valence-corrected chi connectivity index (χ1v) is 9.88. The fourth-order valence-corrected chi connectivity index (χ4v) is 4.71. The van der Waals surface area contributed by atoms with Crippen LogP contribution in [0.4, 0.5) is 0 Å². The third-order valence-electron chi connectivity index (χ3n) is 6.30. The minimum absolute atomic E-state index is 0.308. The van der Waals surface area contributed by atoms with Crippen molar-refractivity contribution >= 4 is 5.91 Å². The first kappa shape index (κ1) is 20.8. The third kappa shape index (κ3) is 4.09. The van der Waals surface area contributed by atoms with Gasteiger partial charge in [-0.3, -0.25) is 9.78 Å². The van der Waals surface area contributed by atoms with Crippen LogP contribution in [-0.4, -0.2) is 42.5 Å². The molecule has 1 aromatic heterocycles. The molecule has 0 aliphatic heterocycles. The molecule has 1 fully saturated rings. The number of amides is 1. The van der Waals surface area contributed by atoms with Crippen molar-refractivity contribution < 1.29 is 9.53 Å². The highest BCUT2D eigenvalue weighted by Gasteiger charge is 2.48. The van der Waals surface area contributed by atoms with Gasteiger partial charge in [0.2, 0.25) is 0 Å². The number of carbonyl (C=O) groups excluding carboxylic acids is 1. The zero-order chi connectivity index (χ0) is 19.3. The molecule has 0 saturated heterocycles. The molecule has 26 heavy (non-hydrogen) atoms. The van der Waals surface area contributed by atoms with Crippen molar-refractivity contribution in [1.82, 2.24) is 9.88 Å². The highest BCUT2D eigenvalue weighted by atomic mass is 16.5. The Bertz CT molecular complexity index is 607. The molecule has 1 heterocycles. The van der Waals surface area contributed by atoms with Gasteiger partial charge in [-0.25, -0.2) is 0 Å². The zero-order valence-electron chi connectivity index (χ0n) is 17.0.